The molecule has 1 aliphatic rings. The lowest BCUT2D eigenvalue weighted by molar-refractivity contribution is -0.146. The molecule has 1 fully saturated rings. The fourth-order valence-corrected chi connectivity index (χ4v) is 3.50. The summed E-state index contributed by atoms with van der Waals surface area (Å²) in [4.78, 5) is 38.5. The third kappa shape index (κ3) is 3.73. The van der Waals surface area contributed by atoms with E-state index >= 15 is 0 Å². The van der Waals surface area contributed by atoms with Crippen LogP contribution in [-0.2, 0) is 9.53 Å². The second kappa shape index (κ2) is 7.51. The van der Waals surface area contributed by atoms with Crippen LogP contribution in [0.15, 0.2) is 35.3 Å². The van der Waals surface area contributed by atoms with Gasteiger partial charge in [-0.15, -0.1) is 0 Å². The number of carbonyl (C=O) groups is 2. The standard InChI is InChI=1S/C19H22N2O4/c1-25-19(24)13-8-6-12(7-9-13)10-20-18(23)16-11-21-17(22)15-5-3-2-4-14(15)16/h2-5,11-13H,6-10H2,1H3,(H,20,23)(H,21,22). The predicted molar refractivity (Wildman–Crippen MR) is 94.4 cm³/mol. The Balaban J connectivity index is 1.62. The van der Waals surface area contributed by atoms with Gasteiger partial charge in [0.15, 0.2) is 0 Å². The number of methoxy groups -OCH3 is 1. The number of benzene rings is 1. The molecular weight excluding hydrogens is 320 g/mol. The van der Waals surface area contributed by atoms with Crippen molar-refractivity contribution in [3.63, 3.8) is 0 Å². The summed E-state index contributed by atoms with van der Waals surface area (Å²) in [5, 5.41) is 4.12. The summed E-state index contributed by atoms with van der Waals surface area (Å²) in [6.07, 6.45) is 4.86. The Hall–Kier alpha value is -2.63. The lowest BCUT2D eigenvalue weighted by atomic mass is 9.82. The summed E-state index contributed by atoms with van der Waals surface area (Å²) < 4.78 is 4.79. The second-order valence-corrected chi connectivity index (χ2v) is 6.53. The van der Waals surface area contributed by atoms with E-state index in [0.29, 0.717) is 28.8 Å². The minimum atomic E-state index is -0.201. The Morgan fingerprint density at radius 3 is 2.52 bits per heavy atom. The Labute approximate surface area is 145 Å². The zero-order valence-electron chi connectivity index (χ0n) is 14.2. The van der Waals surface area contributed by atoms with Crippen LogP contribution in [0.2, 0.25) is 0 Å². The smallest absolute Gasteiger partial charge is 0.308 e. The van der Waals surface area contributed by atoms with Crippen LogP contribution >= 0.6 is 0 Å². The van der Waals surface area contributed by atoms with Crippen molar-refractivity contribution in [3.8, 4) is 0 Å². The average molecular weight is 342 g/mol. The summed E-state index contributed by atoms with van der Waals surface area (Å²) in [6, 6.07) is 7.08. The molecule has 0 unspecified atom stereocenters. The molecule has 0 radical (unpaired) electrons. The summed E-state index contributed by atoms with van der Waals surface area (Å²) in [6.45, 7) is 0.570. The minimum Gasteiger partial charge on any atom is -0.469 e. The summed E-state index contributed by atoms with van der Waals surface area (Å²) in [7, 11) is 1.42. The van der Waals surface area contributed by atoms with Crippen molar-refractivity contribution in [2.24, 2.45) is 11.8 Å². The van der Waals surface area contributed by atoms with Crippen LogP contribution in [0.3, 0.4) is 0 Å². The predicted octanol–water partition coefficient (Wildman–Crippen LogP) is 2.24. The van der Waals surface area contributed by atoms with Crippen molar-refractivity contribution in [2.45, 2.75) is 25.7 Å². The molecule has 1 heterocycles. The Bertz CT molecular complexity index is 835. The lowest BCUT2D eigenvalue weighted by Crippen LogP contribution is -2.33. The maximum atomic E-state index is 12.5. The van der Waals surface area contributed by atoms with Gasteiger partial charge >= 0.3 is 5.97 Å². The number of aromatic nitrogens is 1. The van der Waals surface area contributed by atoms with Crippen molar-refractivity contribution in [3.05, 3.63) is 46.4 Å². The van der Waals surface area contributed by atoms with Crippen molar-refractivity contribution in [1.82, 2.24) is 10.3 Å². The monoisotopic (exact) mass is 342 g/mol. The Morgan fingerprint density at radius 2 is 1.84 bits per heavy atom. The molecule has 2 N–H and O–H groups in total. The molecule has 0 aliphatic heterocycles. The van der Waals surface area contributed by atoms with Crippen LogP contribution in [0.25, 0.3) is 10.8 Å². The normalized spacial score (nSPS) is 20.2. The summed E-state index contributed by atoms with van der Waals surface area (Å²) in [5.74, 6) is 0.0173. The molecule has 1 aliphatic carbocycles. The van der Waals surface area contributed by atoms with E-state index in [4.69, 9.17) is 4.74 Å². The van der Waals surface area contributed by atoms with Crippen molar-refractivity contribution < 1.29 is 14.3 Å². The number of H-pyrrole nitrogens is 1. The summed E-state index contributed by atoms with van der Waals surface area (Å²) in [5.41, 5.74) is 0.270. The molecule has 0 atom stereocenters. The fourth-order valence-electron chi connectivity index (χ4n) is 3.50. The van der Waals surface area contributed by atoms with E-state index in [9.17, 15) is 14.4 Å². The van der Waals surface area contributed by atoms with Crippen LogP contribution in [0.5, 0.6) is 0 Å². The molecule has 1 amide bonds. The van der Waals surface area contributed by atoms with Crippen LogP contribution in [0.1, 0.15) is 36.0 Å². The Morgan fingerprint density at radius 1 is 1.16 bits per heavy atom. The molecule has 2 aromatic rings. The number of esters is 1. The second-order valence-electron chi connectivity index (χ2n) is 6.53. The van der Waals surface area contributed by atoms with E-state index in [-0.39, 0.29) is 23.4 Å². The van der Waals surface area contributed by atoms with Gasteiger partial charge in [0.05, 0.1) is 18.6 Å². The zero-order chi connectivity index (χ0) is 17.8. The van der Waals surface area contributed by atoms with Gasteiger partial charge < -0.3 is 15.0 Å². The van der Waals surface area contributed by atoms with Crippen molar-refractivity contribution >= 4 is 22.6 Å². The van der Waals surface area contributed by atoms with E-state index in [1.165, 1.54) is 13.3 Å². The molecule has 1 saturated carbocycles. The number of ether oxygens (including phenoxy) is 1. The quantitative estimate of drug-likeness (QED) is 0.834. The number of hydrogen-bond donors (Lipinski definition) is 2. The van der Waals surface area contributed by atoms with Gasteiger partial charge in [0.1, 0.15) is 0 Å². The number of carbonyl (C=O) groups excluding carboxylic acids is 2. The molecule has 0 spiro atoms. The first-order valence-corrected chi connectivity index (χ1v) is 8.56. The molecule has 0 bridgehead atoms. The van der Waals surface area contributed by atoms with Gasteiger partial charge in [-0.25, -0.2) is 0 Å². The molecular formula is C19H22N2O4. The van der Waals surface area contributed by atoms with Crippen LogP contribution in [0.4, 0.5) is 0 Å². The van der Waals surface area contributed by atoms with Crippen molar-refractivity contribution in [2.75, 3.05) is 13.7 Å². The van der Waals surface area contributed by atoms with Gasteiger partial charge in [-0.05, 0) is 37.7 Å². The highest BCUT2D eigenvalue weighted by Gasteiger charge is 2.27. The van der Waals surface area contributed by atoms with Gasteiger partial charge in [0, 0.05) is 23.5 Å². The highest BCUT2D eigenvalue weighted by molar-refractivity contribution is 6.06. The maximum absolute atomic E-state index is 12.5. The lowest BCUT2D eigenvalue weighted by Gasteiger charge is -2.27. The topological polar surface area (TPSA) is 88.3 Å². The average Bonchev–Trinajstić information content (AvgIpc) is 2.66. The number of hydrogen-bond acceptors (Lipinski definition) is 4. The molecule has 6 nitrogen and oxygen atoms in total. The van der Waals surface area contributed by atoms with E-state index in [0.717, 1.165) is 25.7 Å². The first-order chi connectivity index (χ1) is 12.1. The molecule has 132 valence electrons. The van der Waals surface area contributed by atoms with Gasteiger partial charge in [-0.3, -0.25) is 14.4 Å². The third-order valence-electron chi connectivity index (χ3n) is 4.99. The van der Waals surface area contributed by atoms with E-state index in [2.05, 4.69) is 10.3 Å². The van der Waals surface area contributed by atoms with E-state index in [1.54, 1.807) is 18.2 Å². The number of rotatable bonds is 4. The minimum absolute atomic E-state index is 0.0138. The largest absolute Gasteiger partial charge is 0.469 e. The first kappa shape index (κ1) is 17.2. The van der Waals surface area contributed by atoms with Gasteiger partial charge in [0.2, 0.25) is 0 Å². The molecule has 3 rings (SSSR count). The van der Waals surface area contributed by atoms with Gasteiger partial charge in [0.25, 0.3) is 11.5 Å². The number of pyridine rings is 1. The summed E-state index contributed by atoms with van der Waals surface area (Å²) >= 11 is 0. The molecule has 0 saturated heterocycles. The van der Waals surface area contributed by atoms with Crippen molar-refractivity contribution in [1.29, 1.82) is 0 Å². The maximum Gasteiger partial charge on any atom is 0.308 e. The molecule has 25 heavy (non-hydrogen) atoms. The van der Waals surface area contributed by atoms with Crippen LogP contribution in [-0.4, -0.2) is 30.5 Å². The highest BCUT2D eigenvalue weighted by Crippen LogP contribution is 2.29. The molecule has 6 heteroatoms. The number of nitrogens with one attached hydrogen (secondary N) is 2. The number of amides is 1. The van der Waals surface area contributed by atoms with Gasteiger partial charge in [-0.2, -0.15) is 0 Å². The Kier molecular flexibility index (Phi) is 5.16. The third-order valence-corrected chi connectivity index (χ3v) is 4.99. The van der Waals surface area contributed by atoms with E-state index < -0.39 is 0 Å². The first-order valence-electron chi connectivity index (χ1n) is 8.56. The van der Waals surface area contributed by atoms with Crippen LogP contribution in [0, 0.1) is 11.8 Å². The fraction of sp³-hybridized carbons (Fsp3) is 0.421. The van der Waals surface area contributed by atoms with E-state index in [1.807, 2.05) is 6.07 Å². The van der Waals surface area contributed by atoms with Crippen LogP contribution < -0.4 is 10.9 Å². The zero-order valence-corrected chi connectivity index (χ0v) is 14.2. The molecule has 1 aromatic heterocycles. The number of fused-ring (bicyclic) bond motifs is 1. The number of aromatic amines is 1. The van der Waals surface area contributed by atoms with Gasteiger partial charge in [-0.1, -0.05) is 18.2 Å². The highest BCUT2D eigenvalue weighted by atomic mass is 16.5. The SMILES string of the molecule is COC(=O)C1CCC(CNC(=O)c2c[nH]c(=O)c3ccccc23)CC1. The molecule has 1 aromatic carbocycles.